The zero-order valence-electron chi connectivity index (χ0n) is 12.3. The molecule has 1 aliphatic heterocycles. The van der Waals surface area contributed by atoms with Gasteiger partial charge in [-0.15, -0.1) is 0 Å². The first kappa shape index (κ1) is 14.5. The van der Waals surface area contributed by atoms with Crippen LogP contribution in [0, 0.1) is 6.92 Å². The van der Waals surface area contributed by atoms with Crippen LogP contribution in [0.3, 0.4) is 0 Å². The average molecular weight is 262 g/mol. The van der Waals surface area contributed by atoms with E-state index in [9.17, 15) is 0 Å². The molecule has 4 nitrogen and oxygen atoms in total. The first-order valence-electron chi connectivity index (χ1n) is 7.02. The molecule has 4 heteroatoms. The van der Waals surface area contributed by atoms with E-state index in [2.05, 4.69) is 60.5 Å². The molecule has 0 bridgehead atoms. The van der Waals surface area contributed by atoms with Crippen LogP contribution < -0.4 is 11.3 Å². The van der Waals surface area contributed by atoms with Crippen LogP contribution >= 0.6 is 0 Å². The number of nitrogens with zero attached hydrogens (tertiary/aromatic N) is 2. The number of hydrogen-bond donors (Lipinski definition) is 2. The van der Waals surface area contributed by atoms with Gasteiger partial charge in [0.15, 0.2) is 0 Å². The first-order chi connectivity index (χ1) is 9.11. The number of hydrogen-bond acceptors (Lipinski definition) is 4. The Morgan fingerprint density at radius 3 is 2.74 bits per heavy atom. The number of piperazine rings is 1. The predicted octanol–water partition coefficient (Wildman–Crippen LogP) is 1.14. The molecule has 1 aromatic carbocycles. The number of benzene rings is 1. The van der Waals surface area contributed by atoms with E-state index in [4.69, 9.17) is 5.84 Å². The Bertz CT molecular complexity index is 407. The summed E-state index contributed by atoms with van der Waals surface area (Å²) < 4.78 is 0. The Balaban J connectivity index is 2.08. The van der Waals surface area contributed by atoms with Gasteiger partial charge in [0.05, 0.1) is 0 Å². The third-order valence-electron chi connectivity index (χ3n) is 4.25. The average Bonchev–Trinajstić information content (AvgIpc) is 2.41. The van der Waals surface area contributed by atoms with Crippen molar-refractivity contribution in [2.75, 3.05) is 33.7 Å². The first-order valence-corrected chi connectivity index (χ1v) is 7.02. The molecule has 2 rings (SSSR count). The summed E-state index contributed by atoms with van der Waals surface area (Å²) in [6.07, 6.45) is 1.04. The van der Waals surface area contributed by atoms with Gasteiger partial charge in [0.2, 0.25) is 0 Å². The highest BCUT2D eigenvalue weighted by molar-refractivity contribution is 5.28. The fourth-order valence-electron chi connectivity index (χ4n) is 2.89. The molecule has 0 aliphatic carbocycles. The van der Waals surface area contributed by atoms with Gasteiger partial charge in [-0.05, 0) is 38.6 Å². The molecule has 2 atom stereocenters. The van der Waals surface area contributed by atoms with Gasteiger partial charge in [0, 0.05) is 31.7 Å². The molecule has 0 amide bonds. The Morgan fingerprint density at radius 2 is 2.05 bits per heavy atom. The topological polar surface area (TPSA) is 44.5 Å². The van der Waals surface area contributed by atoms with Crippen molar-refractivity contribution in [2.24, 2.45) is 5.84 Å². The lowest BCUT2D eigenvalue weighted by Gasteiger charge is -2.39. The fraction of sp³-hybridized carbons (Fsp3) is 0.600. The Hall–Kier alpha value is -0.940. The van der Waals surface area contributed by atoms with Crippen molar-refractivity contribution in [2.45, 2.75) is 25.4 Å². The van der Waals surface area contributed by atoms with Crippen LogP contribution in [0.1, 0.15) is 23.6 Å². The van der Waals surface area contributed by atoms with Gasteiger partial charge in [0.1, 0.15) is 0 Å². The summed E-state index contributed by atoms with van der Waals surface area (Å²) >= 11 is 0. The summed E-state index contributed by atoms with van der Waals surface area (Å²) in [5.41, 5.74) is 5.61. The van der Waals surface area contributed by atoms with Crippen LogP contribution in [-0.2, 0) is 0 Å². The lowest BCUT2D eigenvalue weighted by atomic mass is 9.94. The molecule has 0 aromatic heterocycles. The van der Waals surface area contributed by atoms with Gasteiger partial charge in [-0.25, -0.2) is 0 Å². The minimum Gasteiger partial charge on any atom is -0.304 e. The van der Waals surface area contributed by atoms with Gasteiger partial charge in [-0.2, -0.15) is 0 Å². The van der Waals surface area contributed by atoms with Crippen molar-refractivity contribution in [3.05, 3.63) is 35.4 Å². The molecular weight excluding hydrogens is 236 g/mol. The summed E-state index contributed by atoms with van der Waals surface area (Å²) in [4.78, 5) is 4.85. The Kier molecular flexibility index (Phi) is 4.93. The van der Waals surface area contributed by atoms with E-state index in [0.717, 1.165) is 26.1 Å². The van der Waals surface area contributed by atoms with Crippen molar-refractivity contribution in [3.8, 4) is 0 Å². The lowest BCUT2D eigenvalue weighted by molar-refractivity contribution is 0.101. The molecule has 19 heavy (non-hydrogen) atoms. The maximum atomic E-state index is 5.79. The quantitative estimate of drug-likeness (QED) is 0.631. The van der Waals surface area contributed by atoms with Gasteiger partial charge in [-0.3, -0.25) is 11.3 Å². The zero-order chi connectivity index (χ0) is 13.8. The number of nitrogens with one attached hydrogen (secondary N) is 1. The van der Waals surface area contributed by atoms with Gasteiger partial charge < -0.3 is 9.80 Å². The smallest absolute Gasteiger partial charge is 0.0477 e. The molecule has 0 radical (unpaired) electrons. The molecule has 1 heterocycles. The number of nitrogens with two attached hydrogens (primary N) is 1. The van der Waals surface area contributed by atoms with Gasteiger partial charge in [0.25, 0.3) is 0 Å². The van der Waals surface area contributed by atoms with Crippen molar-refractivity contribution in [3.63, 3.8) is 0 Å². The molecule has 0 spiro atoms. The van der Waals surface area contributed by atoms with E-state index >= 15 is 0 Å². The molecule has 106 valence electrons. The fourth-order valence-corrected chi connectivity index (χ4v) is 2.89. The highest BCUT2D eigenvalue weighted by Gasteiger charge is 2.25. The number of hydrazine groups is 1. The van der Waals surface area contributed by atoms with E-state index in [-0.39, 0.29) is 6.04 Å². The van der Waals surface area contributed by atoms with Crippen molar-refractivity contribution in [1.29, 1.82) is 0 Å². The van der Waals surface area contributed by atoms with Crippen LogP contribution in [0.2, 0.25) is 0 Å². The van der Waals surface area contributed by atoms with E-state index in [1.165, 1.54) is 11.1 Å². The minimum atomic E-state index is 0.222. The second-order valence-corrected chi connectivity index (χ2v) is 5.71. The summed E-state index contributed by atoms with van der Waals surface area (Å²) in [6.45, 7) is 5.54. The normalized spacial score (nSPS) is 23.5. The summed E-state index contributed by atoms with van der Waals surface area (Å²) in [6, 6.07) is 9.26. The molecule has 1 aromatic rings. The largest absolute Gasteiger partial charge is 0.304 e. The van der Waals surface area contributed by atoms with Crippen LogP contribution in [0.5, 0.6) is 0 Å². The maximum Gasteiger partial charge on any atom is 0.0477 e. The molecular formula is C15H26N4. The zero-order valence-corrected chi connectivity index (χ0v) is 12.3. The number of likely N-dealkylation sites (N-methyl/N-ethyl adjacent to an activating group) is 2. The number of aryl methyl sites for hydroxylation is 1. The second-order valence-electron chi connectivity index (χ2n) is 5.71. The lowest BCUT2D eigenvalue weighted by Crippen LogP contribution is -2.51. The monoisotopic (exact) mass is 262 g/mol. The second kappa shape index (κ2) is 6.48. The summed E-state index contributed by atoms with van der Waals surface area (Å²) in [5, 5.41) is 0. The van der Waals surface area contributed by atoms with Gasteiger partial charge in [-0.1, -0.05) is 24.3 Å². The minimum absolute atomic E-state index is 0.222. The molecule has 1 aliphatic rings. The van der Waals surface area contributed by atoms with Crippen molar-refractivity contribution in [1.82, 2.24) is 15.2 Å². The van der Waals surface area contributed by atoms with Crippen LogP contribution in [0.4, 0.5) is 0 Å². The SMILES string of the molecule is Cc1ccccc1C(CC1CN(C)CCN1C)NN. The Labute approximate surface area is 116 Å². The predicted molar refractivity (Wildman–Crippen MR) is 79.8 cm³/mol. The van der Waals surface area contributed by atoms with Crippen LogP contribution in [-0.4, -0.2) is 49.6 Å². The van der Waals surface area contributed by atoms with Crippen LogP contribution in [0.25, 0.3) is 0 Å². The molecule has 3 N–H and O–H groups in total. The van der Waals surface area contributed by atoms with E-state index < -0.39 is 0 Å². The Morgan fingerprint density at radius 1 is 1.32 bits per heavy atom. The standard InChI is InChI=1S/C15H26N4/c1-12-6-4-5-7-14(12)15(17-16)10-13-11-18(2)8-9-19(13)3/h4-7,13,15,17H,8-11,16H2,1-3H3. The van der Waals surface area contributed by atoms with E-state index in [1.807, 2.05) is 0 Å². The van der Waals surface area contributed by atoms with Crippen molar-refractivity contribution >= 4 is 0 Å². The maximum absolute atomic E-state index is 5.79. The third kappa shape index (κ3) is 3.54. The summed E-state index contributed by atoms with van der Waals surface area (Å²) in [5.74, 6) is 5.79. The summed E-state index contributed by atoms with van der Waals surface area (Å²) in [7, 11) is 4.40. The van der Waals surface area contributed by atoms with E-state index in [1.54, 1.807) is 0 Å². The third-order valence-corrected chi connectivity index (χ3v) is 4.25. The molecule has 1 saturated heterocycles. The van der Waals surface area contributed by atoms with Crippen molar-refractivity contribution < 1.29 is 0 Å². The van der Waals surface area contributed by atoms with Crippen LogP contribution in [0.15, 0.2) is 24.3 Å². The van der Waals surface area contributed by atoms with E-state index in [0.29, 0.717) is 6.04 Å². The highest BCUT2D eigenvalue weighted by atomic mass is 15.3. The highest BCUT2D eigenvalue weighted by Crippen LogP contribution is 2.24. The number of rotatable bonds is 4. The molecule has 1 fully saturated rings. The van der Waals surface area contributed by atoms with Gasteiger partial charge >= 0.3 is 0 Å². The molecule has 0 saturated carbocycles. The molecule has 2 unspecified atom stereocenters.